The van der Waals surface area contributed by atoms with Crippen LogP contribution in [-0.2, 0) is 11.8 Å². The number of hydrogen-bond acceptors (Lipinski definition) is 4. The number of ether oxygens (including phenoxy) is 1. The smallest absolute Gasteiger partial charge is 0.224 e. The van der Waals surface area contributed by atoms with E-state index in [1.807, 2.05) is 25.2 Å². The maximum Gasteiger partial charge on any atom is 0.224 e. The van der Waals surface area contributed by atoms with E-state index in [0.29, 0.717) is 5.88 Å². The Morgan fingerprint density at radius 3 is 2.29 bits per heavy atom. The van der Waals surface area contributed by atoms with Gasteiger partial charge in [-0.25, -0.2) is 4.98 Å². The van der Waals surface area contributed by atoms with Gasteiger partial charge in [0.15, 0.2) is 0 Å². The fourth-order valence-electron chi connectivity index (χ4n) is 1.85. The Hall–Kier alpha value is -2.10. The molecule has 21 heavy (non-hydrogen) atoms. The number of nitrogens with zero attached hydrogens (tertiary/aromatic N) is 2. The first-order chi connectivity index (χ1) is 9.92. The van der Waals surface area contributed by atoms with Gasteiger partial charge in [0, 0.05) is 18.5 Å². The molecule has 112 valence electrons. The molecule has 0 aliphatic carbocycles. The predicted octanol–water partition coefficient (Wildman–Crippen LogP) is 4.17. The van der Waals surface area contributed by atoms with Crippen LogP contribution in [0.15, 0.2) is 30.3 Å². The second-order valence-electron chi connectivity index (χ2n) is 6.01. The summed E-state index contributed by atoms with van der Waals surface area (Å²) in [6.07, 6.45) is 1.02. The minimum atomic E-state index is -0.128. The van der Waals surface area contributed by atoms with Gasteiger partial charge in [-0.15, -0.1) is 0 Å². The van der Waals surface area contributed by atoms with Crippen LogP contribution in [0.5, 0.6) is 11.6 Å². The zero-order valence-corrected chi connectivity index (χ0v) is 13.4. The molecule has 1 heterocycles. The first kappa shape index (κ1) is 15.3. The van der Waals surface area contributed by atoms with Gasteiger partial charge in [0.2, 0.25) is 5.88 Å². The maximum absolute atomic E-state index is 5.87. The van der Waals surface area contributed by atoms with Gasteiger partial charge in [-0.05, 0) is 24.1 Å². The summed E-state index contributed by atoms with van der Waals surface area (Å²) in [6, 6.07) is 9.89. The van der Waals surface area contributed by atoms with Crippen molar-refractivity contribution < 1.29 is 4.74 Å². The number of aromatic nitrogens is 2. The van der Waals surface area contributed by atoms with Crippen molar-refractivity contribution in [3.8, 4) is 11.6 Å². The number of hydrogen-bond donors (Lipinski definition) is 1. The normalized spacial score (nSPS) is 11.3. The van der Waals surface area contributed by atoms with E-state index in [9.17, 15) is 0 Å². The number of rotatable bonds is 4. The molecule has 0 amide bonds. The Morgan fingerprint density at radius 1 is 1.10 bits per heavy atom. The van der Waals surface area contributed by atoms with Crippen molar-refractivity contribution in [2.24, 2.45) is 0 Å². The first-order valence-corrected chi connectivity index (χ1v) is 7.26. The highest BCUT2D eigenvalue weighted by Gasteiger charge is 2.19. The molecular weight excluding hydrogens is 262 g/mol. The van der Waals surface area contributed by atoms with Crippen LogP contribution in [0.2, 0.25) is 0 Å². The Labute approximate surface area is 126 Å². The molecule has 4 nitrogen and oxygen atoms in total. The molecular formula is C17H23N3O. The summed E-state index contributed by atoms with van der Waals surface area (Å²) in [5, 5.41) is 3.05. The molecule has 0 aliphatic rings. The highest BCUT2D eigenvalue weighted by Crippen LogP contribution is 2.26. The number of nitrogens with one attached hydrogen (secondary N) is 1. The molecule has 1 N–H and O–H groups in total. The minimum Gasteiger partial charge on any atom is -0.439 e. The predicted molar refractivity (Wildman–Crippen MR) is 86.2 cm³/mol. The lowest BCUT2D eigenvalue weighted by atomic mass is 9.96. The molecule has 0 unspecified atom stereocenters. The van der Waals surface area contributed by atoms with E-state index in [1.54, 1.807) is 0 Å². The van der Waals surface area contributed by atoms with Crippen LogP contribution >= 0.6 is 0 Å². The van der Waals surface area contributed by atoms with Crippen LogP contribution < -0.4 is 10.1 Å². The van der Waals surface area contributed by atoms with Crippen molar-refractivity contribution in [1.82, 2.24) is 9.97 Å². The SMILES string of the molecule is CCc1ccc(Oc2cc(NC)nc(C(C)(C)C)n2)cc1. The number of benzene rings is 1. The van der Waals surface area contributed by atoms with Crippen molar-refractivity contribution in [1.29, 1.82) is 0 Å². The van der Waals surface area contributed by atoms with Crippen LogP contribution in [0, 0.1) is 0 Å². The van der Waals surface area contributed by atoms with E-state index in [2.05, 4.69) is 55.1 Å². The lowest BCUT2D eigenvalue weighted by Crippen LogP contribution is -2.17. The molecule has 0 aliphatic heterocycles. The third-order valence-electron chi connectivity index (χ3n) is 3.18. The lowest BCUT2D eigenvalue weighted by Gasteiger charge is -2.18. The average molecular weight is 285 g/mol. The third-order valence-corrected chi connectivity index (χ3v) is 3.18. The molecule has 0 saturated carbocycles. The summed E-state index contributed by atoms with van der Waals surface area (Å²) in [4.78, 5) is 9.01. The zero-order chi connectivity index (χ0) is 15.5. The summed E-state index contributed by atoms with van der Waals surface area (Å²) < 4.78 is 5.87. The molecule has 1 aromatic carbocycles. The average Bonchev–Trinajstić information content (AvgIpc) is 2.46. The van der Waals surface area contributed by atoms with Crippen LogP contribution in [0.25, 0.3) is 0 Å². The van der Waals surface area contributed by atoms with Crippen LogP contribution in [-0.4, -0.2) is 17.0 Å². The quantitative estimate of drug-likeness (QED) is 0.915. The fraction of sp³-hybridized carbons (Fsp3) is 0.412. The molecule has 1 aromatic heterocycles. The van der Waals surface area contributed by atoms with E-state index in [4.69, 9.17) is 4.74 Å². The first-order valence-electron chi connectivity index (χ1n) is 7.26. The lowest BCUT2D eigenvalue weighted by molar-refractivity contribution is 0.446. The van der Waals surface area contributed by atoms with Gasteiger partial charge >= 0.3 is 0 Å². The summed E-state index contributed by atoms with van der Waals surface area (Å²) in [7, 11) is 1.84. The fourth-order valence-corrected chi connectivity index (χ4v) is 1.85. The van der Waals surface area contributed by atoms with E-state index in [0.717, 1.165) is 23.8 Å². The highest BCUT2D eigenvalue weighted by molar-refractivity contribution is 5.40. The highest BCUT2D eigenvalue weighted by atomic mass is 16.5. The van der Waals surface area contributed by atoms with Crippen molar-refractivity contribution in [2.45, 2.75) is 39.5 Å². The van der Waals surface area contributed by atoms with Crippen molar-refractivity contribution in [3.63, 3.8) is 0 Å². The zero-order valence-electron chi connectivity index (χ0n) is 13.4. The van der Waals surface area contributed by atoms with Crippen LogP contribution in [0.4, 0.5) is 5.82 Å². The third kappa shape index (κ3) is 3.94. The van der Waals surface area contributed by atoms with Gasteiger partial charge < -0.3 is 10.1 Å². The summed E-state index contributed by atoms with van der Waals surface area (Å²) >= 11 is 0. The van der Waals surface area contributed by atoms with Crippen LogP contribution in [0.3, 0.4) is 0 Å². The van der Waals surface area contributed by atoms with Crippen molar-refractivity contribution in [2.75, 3.05) is 12.4 Å². The Bertz CT molecular complexity index is 600. The van der Waals surface area contributed by atoms with E-state index in [-0.39, 0.29) is 5.41 Å². The van der Waals surface area contributed by atoms with Gasteiger partial charge in [0.1, 0.15) is 17.4 Å². The summed E-state index contributed by atoms with van der Waals surface area (Å²) in [6.45, 7) is 8.39. The molecule has 4 heteroatoms. The Kier molecular flexibility index (Phi) is 4.46. The summed E-state index contributed by atoms with van der Waals surface area (Å²) in [5.41, 5.74) is 1.16. The largest absolute Gasteiger partial charge is 0.439 e. The topological polar surface area (TPSA) is 47.0 Å². The molecule has 0 atom stereocenters. The second-order valence-corrected chi connectivity index (χ2v) is 6.01. The number of aryl methyl sites for hydroxylation is 1. The molecule has 2 aromatic rings. The van der Waals surface area contributed by atoms with E-state index < -0.39 is 0 Å². The van der Waals surface area contributed by atoms with Gasteiger partial charge in [-0.3, -0.25) is 0 Å². The molecule has 0 radical (unpaired) electrons. The minimum absolute atomic E-state index is 0.128. The number of anilines is 1. The van der Waals surface area contributed by atoms with E-state index in [1.165, 1.54) is 5.56 Å². The molecule has 0 spiro atoms. The second kappa shape index (κ2) is 6.12. The van der Waals surface area contributed by atoms with Gasteiger partial charge in [0.25, 0.3) is 0 Å². The van der Waals surface area contributed by atoms with Crippen LogP contribution in [0.1, 0.15) is 39.1 Å². The van der Waals surface area contributed by atoms with Gasteiger partial charge in [0.05, 0.1) is 0 Å². The molecule has 0 fully saturated rings. The Morgan fingerprint density at radius 2 is 1.76 bits per heavy atom. The monoisotopic (exact) mass is 285 g/mol. The van der Waals surface area contributed by atoms with Gasteiger partial charge in [-0.1, -0.05) is 39.8 Å². The maximum atomic E-state index is 5.87. The molecule has 0 bridgehead atoms. The Balaban J connectivity index is 2.29. The van der Waals surface area contributed by atoms with Crippen molar-refractivity contribution >= 4 is 5.82 Å². The van der Waals surface area contributed by atoms with E-state index >= 15 is 0 Å². The van der Waals surface area contributed by atoms with Crippen molar-refractivity contribution in [3.05, 3.63) is 41.7 Å². The standard InChI is InChI=1S/C17H23N3O/c1-6-12-7-9-13(10-8-12)21-15-11-14(18-5)19-16(20-15)17(2,3)4/h7-11H,6H2,1-5H3,(H,18,19,20). The van der Waals surface area contributed by atoms with Gasteiger partial charge in [-0.2, -0.15) is 4.98 Å². The molecule has 0 saturated heterocycles. The summed E-state index contributed by atoms with van der Waals surface area (Å²) in [5.74, 6) is 2.86. The molecule has 2 rings (SSSR count).